The summed E-state index contributed by atoms with van der Waals surface area (Å²) in [4.78, 5) is 5.41. The van der Waals surface area contributed by atoms with Crippen molar-refractivity contribution >= 4 is 17.6 Å². The first-order valence-electron chi connectivity index (χ1n) is 6.25. The Morgan fingerprint density at radius 3 is 2.58 bits per heavy atom. The molecule has 0 aliphatic heterocycles. The summed E-state index contributed by atoms with van der Waals surface area (Å²) in [6, 6.07) is 12.8. The summed E-state index contributed by atoms with van der Waals surface area (Å²) in [5.41, 5.74) is 8.25. The summed E-state index contributed by atoms with van der Waals surface area (Å²) in [6.07, 6.45) is 4.65. The van der Waals surface area contributed by atoms with Crippen LogP contribution in [0.25, 0.3) is 0 Å². The van der Waals surface area contributed by atoms with Crippen LogP contribution in [0.4, 0.5) is 5.82 Å². The second kappa shape index (κ2) is 6.59. The Morgan fingerprint density at radius 2 is 2.00 bits per heavy atom. The molecule has 0 aliphatic carbocycles. The summed E-state index contributed by atoms with van der Waals surface area (Å²) < 4.78 is 0. The number of hydrogen-bond donors (Lipinski definition) is 2. The van der Waals surface area contributed by atoms with Crippen LogP contribution in [-0.4, -0.2) is 18.3 Å². The minimum Gasteiger partial charge on any atom is -0.383 e. The second-order valence-corrected chi connectivity index (χ2v) is 5.25. The molecule has 3 N–H and O–H groups in total. The molecule has 4 heteroatoms. The van der Waals surface area contributed by atoms with E-state index in [4.69, 9.17) is 5.73 Å². The van der Waals surface area contributed by atoms with E-state index in [0.717, 1.165) is 12.0 Å². The van der Waals surface area contributed by atoms with Crippen LogP contribution in [0.5, 0.6) is 0 Å². The number of hydrogen-bond acceptors (Lipinski definition) is 4. The van der Waals surface area contributed by atoms with Crippen molar-refractivity contribution in [2.24, 2.45) is 0 Å². The highest BCUT2D eigenvalue weighted by Crippen LogP contribution is 2.23. The zero-order valence-electron chi connectivity index (χ0n) is 11.3. The largest absolute Gasteiger partial charge is 0.383 e. The van der Waals surface area contributed by atoms with Gasteiger partial charge in [0.2, 0.25) is 0 Å². The van der Waals surface area contributed by atoms with E-state index in [-0.39, 0.29) is 6.04 Å². The number of aromatic nitrogens is 1. The van der Waals surface area contributed by atoms with Gasteiger partial charge in [0.1, 0.15) is 5.82 Å². The molecule has 2 aromatic rings. The Morgan fingerprint density at radius 1 is 1.26 bits per heavy atom. The van der Waals surface area contributed by atoms with Crippen LogP contribution in [0.3, 0.4) is 0 Å². The number of pyridine rings is 1. The lowest BCUT2D eigenvalue weighted by Gasteiger charge is -2.17. The Kier molecular flexibility index (Phi) is 4.82. The Bertz CT molecular complexity index is 525. The quantitative estimate of drug-likeness (QED) is 0.823. The van der Waals surface area contributed by atoms with E-state index in [1.54, 1.807) is 18.0 Å². The summed E-state index contributed by atoms with van der Waals surface area (Å²) in [6.45, 7) is 0. The van der Waals surface area contributed by atoms with E-state index < -0.39 is 0 Å². The van der Waals surface area contributed by atoms with Gasteiger partial charge in [-0.15, -0.1) is 11.8 Å². The van der Waals surface area contributed by atoms with Gasteiger partial charge >= 0.3 is 0 Å². The van der Waals surface area contributed by atoms with Crippen molar-refractivity contribution in [3.8, 4) is 0 Å². The van der Waals surface area contributed by atoms with Gasteiger partial charge in [-0.25, -0.2) is 4.98 Å². The van der Waals surface area contributed by atoms with Gasteiger partial charge in [0, 0.05) is 17.1 Å². The molecule has 3 nitrogen and oxygen atoms in total. The fourth-order valence-electron chi connectivity index (χ4n) is 2.07. The van der Waals surface area contributed by atoms with Gasteiger partial charge in [0.15, 0.2) is 0 Å². The van der Waals surface area contributed by atoms with Crippen LogP contribution < -0.4 is 11.1 Å². The number of rotatable bonds is 5. The number of thioether (sulfide) groups is 1. The van der Waals surface area contributed by atoms with Crippen molar-refractivity contribution in [1.82, 2.24) is 10.3 Å². The minimum absolute atomic E-state index is 0.252. The van der Waals surface area contributed by atoms with E-state index in [2.05, 4.69) is 40.8 Å². The zero-order chi connectivity index (χ0) is 13.7. The molecule has 0 spiro atoms. The fourth-order valence-corrected chi connectivity index (χ4v) is 2.47. The molecule has 0 saturated heterocycles. The minimum atomic E-state index is 0.252. The van der Waals surface area contributed by atoms with Crippen molar-refractivity contribution in [3.63, 3.8) is 0 Å². The summed E-state index contributed by atoms with van der Waals surface area (Å²) in [7, 11) is 1.97. The van der Waals surface area contributed by atoms with Gasteiger partial charge in [0.25, 0.3) is 0 Å². The van der Waals surface area contributed by atoms with Crippen molar-refractivity contribution < 1.29 is 0 Å². The first kappa shape index (κ1) is 13.9. The molecule has 1 heterocycles. The lowest BCUT2D eigenvalue weighted by atomic mass is 9.99. The summed E-state index contributed by atoms with van der Waals surface area (Å²) in [5.74, 6) is 0.614. The molecule has 1 atom stereocenters. The van der Waals surface area contributed by atoms with E-state index in [1.807, 2.05) is 19.2 Å². The number of likely N-dealkylation sites (N-methyl/N-ethyl adjacent to an activating group) is 1. The van der Waals surface area contributed by atoms with E-state index in [0.29, 0.717) is 5.82 Å². The van der Waals surface area contributed by atoms with Crippen molar-refractivity contribution in [2.45, 2.75) is 17.4 Å². The number of anilines is 1. The van der Waals surface area contributed by atoms with E-state index in [9.17, 15) is 0 Å². The van der Waals surface area contributed by atoms with Crippen LogP contribution >= 0.6 is 11.8 Å². The average molecular weight is 273 g/mol. The highest BCUT2D eigenvalue weighted by Gasteiger charge is 2.12. The first-order valence-corrected chi connectivity index (χ1v) is 7.47. The molecule has 0 saturated carbocycles. The molecule has 1 aromatic heterocycles. The van der Waals surface area contributed by atoms with Gasteiger partial charge in [-0.2, -0.15) is 0 Å². The third-order valence-corrected chi connectivity index (χ3v) is 3.96. The number of nitrogens with one attached hydrogen (secondary N) is 1. The predicted molar refractivity (Wildman–Crippen MR) is 82.4 cm³/mol. The van der Waals surface area contributed by atoms with Gasteiger partial charge in [-0.1, -0.05) is 18.2 Å². The van der Waals surface area contributed by atoms with Crippen LogP contribution in [0.15, 0.2) is 47.5 Å². The molecule has 0 radical (unpaired) electrons. The average Bonchev–Trinajstić information content (AvgIpc) is 2.47. The normalized spacial score (nSPS) is 12.3. The van der Waals surface area contributed by atoms with Gasteiger partial charge in [-0.05, 0) is 49.1 Å². The predicted octanol–water partition coefficient (Wildman–Crippen LogP) is 2.89. The zero-order valence-corrected chi connectivity index (χ0v) is 12.1. The highest BCUT2D eigenvalue weighted by atomic mass is 32.2. The topological polar surface area (TPSA) is 50.9 Å². The number of nitrogens with two attached hydrogens (primary N) is 1. The van der Waals surface area contributed by atoms with Crippen molar-refractivity contribution in [3.05, 3.63) is 53.7 Å². The van der Waals surface area contributed by atoms with Crippen molar-refractivity contribution in [1.29, 1.82) is 0 Å². The SMILES string of the molecule is CNC(Cc1cccnc1N)c1ccc(SC)cc1. The van der Waals surface area contributed by atoms with Crippen LogP contribution in [0.1, 0.15) is 17.2 Å². The monoisotopic (exact) mass is 273 g/mol. The summed E-state index contributed by atoms with van der Waals surface area (Å²) >= 11 is 1.75. The molecule has 1 aromatic carbocycles. The highest BCUT2D eigenvalue weighted by molar-refractivity contribution is 7.98. The van der Waals surface area contributed by atoms with Crippen LogP contribution in [-0.2, 0) is 6.42 Å². The second-order valence-electron chi connectivity index (χ2n) is 4.37. The maximum atomic E-state index is 5.91. The summed E-state index contributed by atoms with van der Waals surface area (Å²) in [5, 5.41) is 3.34. The van der Waals surface area contributed by atoms with Crippen molar-refractivity contribution in [2.75, 3.05) is 19.0 Å². The molecule has 19 heavy (non-hydrogen) atoms. The molecule has 0 bridgehead atoms. The smallest absolute Gasteiger partial charge is 0.126 e. The maximum absolute atomic E-state index is 5.91. The van der Waals surface area contributed by atoms with Crippen LogP contribution in [0, 0.1) is 0 Å². The maximum Gasteiger partial charge on any atom is 0.126 e. The molecule has 0 amide bonds. The number of nitrogens with zero attached hydrogens (tertiary/aromatic N) is 1. The molecular formula is C15H19N3S. The third-order valence-electron chi connectivity index (χ3n) is 3.22. The molecule has 0 fully saturated rings. The van der Waals surface area contributed by atoms with E-state index >= 15 is 0 Å². The first-order chi connectivity index (χ1) is 9.24. The fraction of sp³-hybridized carbons (Fsp3) is 0.267. The number of benzene rings is 1. The third kappa shape index (κ3) is 3.49. The lowest BCUT2D eigenvalue weighted by molar-refractivity contribution is 0.591. The van der Waals surface area contributed by atoms with E-state index in [1.165, 1.54) is 10.5 Å². The Labute approximate surface area is 118 Å². The Hall–Kier alpha value is -1.52. The molecule has 1 unspecified atom stereocenters. The van der Waals surface area contributed by atoms with Gasteiger partial charge in [0.05, 0.1) is 0 Å². The molecule has 100 valence electrons. The van der Waals surface area contributed by atoms with Crippen LogP contribution in [0.2, 0.25) is 0 Å². The number of nitrogen functional groups attached to an aromatic ring is 1. The molecular weight excluding hydrogens is 254 g/mol. The van der Waals surface area contributed by atoms with Gasteiger partial charge in [-0.3, -0.25) is 0 Å². The Balaban J connectivity index is 2.17. The standard InChI is InChI=1S/C15H19N3S/c1-17-14(10-12-4-3-9-18-15(12)16)11-5-7-13(19-2)8-6-11/h3-9,14,17H,10H2,1-2H3,(H2,16,18). The van der Waals surface area contributed by atoms with Gasteiger partial charge < -0.3 is 11.1 Å². The molecule has 0 aliphatic rings. The molecule has 2 rings (SSSR count). The lowest BCUT2D eigenvalue weighted by Crippen LogP contribution is -2.19.